The van der Waals surface area contributed by atoms with Gasteiger partial charge in [-0.05, 0) is 23.1 Å². The average Bonchev–Trinajstić information content (AvgIpc) is 2.42. The van der Waals surface area contributed by atoms with E-state index >= 15 is 0 Å². The molecular formula is C16H16O. The van der Waals surface area contributed by atoms with E-state index in [9.17, 15) is 0 Å². The van der Waals surface area contributed by atoms with Crippen molar-refractivity contribution >= 4 is 5.57 Å². The van der Waals surface area contributed by atoms with Gasteiger partial charge in [-0.2, -0.15) is 0 Å². The molecule has 0 bridgehead atoms. The highest BCUT2D eigenvalue weighted by Gasteiger charge is 2.02. The van der Waals surface area contributed by atoms with E-state index < -0.39 is 0 Å². The Morgan fingerprint density at radius 3 is 1.71 bits per heavy atom. The molecule has 0 aliphatic rings. The molecule has 0 fully saturated rings. The average molecular weight is 224 g/mol. The smallest absolute Gasteiger partial charge is 0.0465 e. The van der Waals surface area contributed by atoms with E-state index in [0.29, 0.717) is 6.42 Å². The Labute approximate surface area is 102 Å². The summed E-state index contributed by atoms with van der Waals surface area (Å²) >= 11 is 0. The maximum atomic E-state index is 8.96. The minimum Gasteiger partial charge on any atom is -0.396 e. The van der Waals surface area contributed by atoms with Crippen LogP contribution in [0.1, 0.15) is 17.5 Å². The number of hydrogen-bond donors (Lipinski definition) is 1. The normalized spacial score (nSPS) is 9.94. The first-order valence-corrected chi connectivity index (χ1v) is 5.83. The molecule has 2 aromatic carbocycles. The third-order valence-corrected chi connectivity index (χ3v) is 2.65. The SMILES string of the molecule is OCCC=C(c1ccccc1)c1ccccc1. The van der Waals surface area contributed by atoms with Gasteiger partial charge in [0.15, 0.2) is 0 Å². The minimum absolute atomic E-state index is 0.184. The summed E-state index contributed by atoms with van der Waals surface area (Å²) in [6, 6.07) is 20.5. The molecule has 0 saturated carbocycles. The van der Waals surface area contributed by atoms with Gasteiger partial charge in [0.2, 0.25) is 0 Å². The topological polar surface area (TPSA) is 20.2 Å². The van der Waals surface area contributed by atoms with Gasteiger partial charge in [0.05, 0.1) is 0 Å². The fourth-order valence-corrected chi connectivity index (χ4v) is 1.85. The molecule has 0 aliphatic heterocycles. The van der Waals surface area contributed by atoms with Gasteiger partial charge < -0.3 is 5.11 Å². The number of aliphatic hydroxyl groups excluding tert-OH is 1. The van der Waals surface area contributed by atoms with E-state index in [1.807, 2.05) is 36.4 Å². The maximum Gasteiger partial charge on any atom is 0.0465 e. The predicted octanol–water partition coefficient (Wildman–Crippen LogP) is 3.50. The number of aliphatic hydroxyl groups is 1. The summed E-state index contributed by atoms with van der Waals surface area (Å²) in [4.78, 5) is 0. The Kier molecular flexibility index (Phi) is 4.11. The largest absolute Gasteiger partial charge is 0.396 e. The van der Waals surface area contributed by atoms with Crippen molar-refractivity contribution in [2.45, 2.75) is 6.42 Å². The molecule has 17 heavy (non-hydrogen) atoms. The van der Waals surface area contributed by atoms with Crippen molar-refractivity contribution in [2.75, 3.05) is 6.61 Å². The monoisotopic (exact) mass is 224 g/mol. The van der Waals surface area contributed by atoms with Crippen LogP contribution in [0, 0.1) is 0 Å². The fraction of sp³-hybridized carbons (Fsp3) is 0.125. The van der Waals surface area contributed by atoms with E-state index in [4.69, 9.17) is 5.11 Å². The summed E-state index contributed by atoms with van der Waals surface area (Å²) in [5, 5.41) is 8.96. The summed E-state index contributed by atoms with van der Waals surface area (Å²) in [6.07, 6.45) is 2.77. The first kappa shape index (κ1) is 11.6. The molecule has 0 atom stereocenters. The second kappa shape index (κ2) is 6.02. The lowest BCUT2D eigenvalue weighted by atomic mass is 9.97. The zero-order chi connectivity index (χ0) is 11.9. The molecule has 0 spiro atoms. The molecule has 1 nitrogen and oxygen atoms in total. The molecule has 0 heterocycles. The maximum absolute atomic E-state index is 8.96. The first-order chi connectivity index (χ1) is 8.42. The van der Waals surface area contributed by atoms with Crippen LogP contribution in [0.4, 0.5) is 0 Å². The minimum atomic E-state index is 0.184. The van der Waals surface area contributed by atoms with Crippen molar-refractivity contribution in [1.29, 1.82) is 0 Å². The Morgan fingerprint density at radius 1 is 0.824 bits per heavy atom. The number of hydrogen-bond acceptors (Lipinski definition) is 1. The van der Waals surface area contributed by atoms with Crippen LogP contribution in [0.25, 0.3) is 5.57 Å². The van der Waals surface area contributed by atoms with Crippen LogP contribution in [0.15, 0.2) is 66.7 Å². The van der Waals surface area contributed by atoms with Crippen LogP contribution >= 0.6 is 0 Å². The fourth-order valence-electron chi connectivity index (χ4n) is 1.85. The highest BCUT2D eigenvalue weighted by molar-refractivity contribution is 5.79. The lowest BCUT2D eigenvalue weighted by Gasteiger charge is -2.08. The van der Waals surface area contributed by atoms with Crippen molar-refractivity contribution in [1.82, 2.24) is 0 Å². The quantitative estimate of drug-likeness (QED) is 0.842. The van der Waals surface area contributed by atoms with Gasteiger partial charge >= 0.3 is 0 Å². The van der Waals surface area contributed by atoms with Crippen LogP contribution in [0.5, 0.6) is 0 Å². The van der Waals surface area contributed by atoms with E-state index in [-0.39, 0.29) is 6.61 Å². The van der Waals surface area contributed by atoms with Gasteiger partial charge in [-0.3, -0.25) is 0 Å². The molecule has 2 rings (SSSR count). The number of benzene rings is 2. The Hall–Kier alpha value is -1.86. The molecule has 0 unspecified atom stereocenters. The highest BCUT2D eigenvalue weighted by Crippen LogP contribution is 2.23. The van der Waals surface area contributed by atoms with E-state index in [1.54, 1.807) is 0 Å². The van der Waals surface area contributed by atoms with Crippen LogP contribution in [0.3, 0.4) is 0 Å². The van der Waals surface area contributed by atoms with Gasteiger partial charge in [0, 0.05) is 6.61 Å². The Bertz CT molecular complexity index is 430. The molecule has 1 N–H and O–H groups in total. The lowest BCUT2D eigenvalue weighted by molar-refractivity contribution is 0.303. The van der Waals surface area contributed by atoms with Crippen molar-refractivity contribution in [2.24, 2.45) is 0 Å². The van der Waals surface area contributed by atoms with Crippen LogP contribution in [-0.4, -0.2) is 11.7 Å². The van der Waals surface area contributed by atoms with E-state index in [1.165, 1.54) is 16.7 Å². The molecule has 0 saturated heterocycles. The molecule has 86 valence electrons. The Balaban J connectivity index is 2.40. The van der Waals surface area contributed by atoms with Crippen molar-refractivity contribution in [3.63, 3.8) is 0 Å². The highest BCUT2D eigenvalue weighted by atomic mass is 16.2. The second-order valence-electron chi connectivity index (χ2n) is 3.86. The molecule has 0 aromatic heterocycles. The van der Waals surface area contributed by atoms with Gasteiger partial charge in [-0.25, -0.2) is 0 Å². The van der Waals surface area contributed by atoms with Gasteiger partial charge in [0.1, 0.15) is 0 Å². The molecule has 0 aliphatic carbocycles. The second-order valence-corrected chi connectivity index (χ2v) is 3.86. The van der Waals surface area contributed by atoms with E-state index in [0.717, 1.165) is 0 Å². The molecule has 0 radical (unpaired) electrons. The summed E-state index contributed by atoms with van der Waals surface area (Å²) in [5.41, 5.74) is 3.56. The molecule has 2 aromatic rings. The third-order valence-electron chi connectivity index (χ3n) is 2.65. The Morgan fingerprint density at radius 2 is 1.29 bits per heavy atom. The van der Waals surface area contributed by atoms with Gasteiger partial charge in [-0.15, -0.1) is 0 Å². The molecular weight excluding hydrogens is 208 g/mol. The van der Waals surface area contributed by atoms with Crippen molar-refractivity contribution in [3.8, 4) is 0 Å². The summed E-state index contributed by atoms with van der Waals surface area (Å²) in [7, 11) is 0. The summed E-state index contributed by atoms with van der Waals surface area (Å²) in [6.45, 7) is 0.184. The lowest BCUT2D eigenvalue weighted by Crippen LogP contribution is -1.89. The standard InChI is InChI=1S/C16H16O/c17-13-7-12-16(14-8-3-1-4-9-14)15-10-5-2-6-11-15/h1-6,8-12,17H,7,13H2. The zero-order valence-corrected chi connectivity index (χ0v) is 9.71. The third kappa shape index (κ3) is 3.05. The van der Waals surface area contributed by atoms with Crippen LogP contribution < -0.4 is 0 Å². The van der Waals surface area contributed by atoms with E-state index in [2.05, 4.69) is 30.3 Å². The van der Waals surface area contributed by atoms with Gasteiger partial charge in [-0.1, -0.05) is 66.7 Å². The van der Waals surface area contributed by atoms with Crippen molar-refractivity contribution < 1.29 is 5.11 Å². The van der Waals surface area contributed by atoms with Crippen LogP contribution in [-0.2, 0) is 0 Å². The van der Waals surface area contributed by atoms with Crippen molar-refractivity contribution in [3.05, 3.63) is 77.9 Å². The predicted molar refractivity (Wildman–Crippen MR) is 71.7 cm³/mol. The number of rotatable bonds is 4. The summed E-state index contributed by atoms with van der Waals surface area (Å²) in [5.74, 6) is 0. The van der Waals surface area contributed by atoms with Crippen LogP contribution in [0.2, 0.25) is 0 Å². The first-order valence-electron chi connectivity index (χ1n) is 5.83. The van der Waals surface area contributed by atoms with Gasteiger partial charge in [0.25, 0.3) is 0 Å². The zero-order valence-electron chi connectivity index (χ0n) is 9.71. The molecule has 1 heteroatoms. The summed E-state index contributed by atoms with van der Waals surface area (Å²) < 4.78 is 0. The molecule has 0 amide bonds.